The number of aromatic nitrogens is 2. The number of benzene rings is 2. The van der Waals surface area contributed by atoms with Gasteiger partial charge in [-0.15, -0.1) is 0 Å². The summed E-state index contributed by atoms with van der Waals surface area (Å²) in [5.74, 6) is 0.745. The molecule has 2 aromatic carbocycles. The summed E-state index contributed by atoms with van der Waals surface area (Å²) in [5, 5.41) is 3.01. The van der Waals surface area contributed by atoms with Gasteiger partial charge in [-0.3, -0.25) is 4.79 Å². The highest BCUT2D eigenvalue weighted by Crippen LogP contribution is 2.29. The van der Waals surface area contributed by atoms with Crippen molar-refractivity contribution in [3.63, 3.8) is 0 Å². The maximum atomic E-state index is 12.4. The van der Waals surface area contributed by atoms with Crippen LogP contribution in [0.5, 0.6) is 0 Å². The third-order valence-electron chi connectivity index (χ3n) is 5.03. The van der Waals surface area contributed by atoms with Crippen LogP contribution in [0.4, 0.5) is 0 Å². The minimum absolute atomic E-state index is 0.0488. The SMILES string of the molecule is CCN(CC)CCCNC(=O)c1ccc(-c2nc3c(C)cccc3[nH]2)c(Br)c1. The molecular formula is C22H27BrN4O. The molecule has 5 nitrogen and oxygen atoms in total. The van der Waals surface area contributed by atoms with E-state index >= 15 is 0 Å². The summed E-state index contributed by atoms with van der Waals surface area (Å²) in [7, 11) is 0. The van der Waals surface area contributed by atoms with Gasteiger partial charge in [0.25, 0.3) is 5.91 Å². The molecule has 0 saturated carbocycles. The summed E-state index contributed by atoms with van der Waals surface area (Å²) in [6, 6.07) is 11.7. The minimum atomic E-state index is -0.0488. The van der Waals surface area contributed by atoms with E-state index in [0.717, 1.165) is 58.5 Å². The number of halogens is 1. The maximum Gasteiger partial charge on any atom is 0.251 e. The van der Waals surface area contributed by atoms with Crippen LogP contribution in [0.15, 0.2) is 40.9 Å². The summed E-state index contributed by atoms with van der Waals surface area (Å²) in [4.78, 5) is 22.9. The van der Waals surface area contributed by atoms with Gasteiger partial charge in [-0.1, -0.05) is 41.9 Å². The zero-order valence-electron chi connectivity index (χ0n) is 16.7. The third-order valence-corrected chi connectivity index (χ3v) is 5.69. The Kier molecular flexibility index (Phi) is 6.86. The number of carbonyl (C=O) groups is 1. The van der Waals surface area contributed by atoms with Crippen LogP contribution in [0.25, 0.3) is 22.4 Å². The highest BCUT2D eigenvalue weighted by Gasteiger charge is 2.13. The summed E-state index contributed by atoms with van der Waals surface area (Å²) in [5.41, 5.74) is 4.70. The second-order valence-corrected chi connectivity index (χ2v) is 7.74. The normalized spacial score (nSPS) is 11.3. The monoisotopic (exact) mass is 442 g/mol. The van der Waals surface area contributed by atoms with Gasteiger partial charge in [-0.25, -0.2) is 4.98 Å². The molecule has 0 aliphatic heterocycles. The van der Waals surface area contributed by atoms with Crippen molar-refractivity contribution in [2.45, 2.75) is 27.2 Å². The van der Waals surface area contributed by atoms with E-state index in [1.807, 2.05) is 30.3 Å². The lowest BCUT2D eigenvalue weighted by atomic mass is 10.1. The van der Waals surface area contributed by atoms with Gasteiger partial charge < -0.3 is 15.2 Å². The van der Waals surface area contributed by atoms with Crippen LogP contribution in [-0.2, 0) is 0 Å². The molecule has 0 saturated heterocycles. The van der Waals surface area contributed by atoms with Crippen LogP contribution < -0.4 is 5.32 Å². The number of imidazole rings is 1. The van der Waals surface area contributed by atoms with E-state index in [1.165, 1.54) is 0 Å². The topological polar surface area (TPSA) is 61.0 Å². The lowest BCUT2D eigenvalue weighted by Gasteiger charge is -2.17. The molecule has 2 N–H and O–H groups in total. The predicted octanol–water partition coefficient (Wildman–Crippen LogP) is 4.76. The molecule has 0 unspecified atom stereocenters. The molecule has 0 radical (unpaired) electrons. The van der Waals surface area contributed by atoms with Gasteiger partial charge in [-0.05, 0) is 62.8 Å². The summed E-state index contributed by atoms with van der Waals surface area (Å²) < 4.78 is 0.847. The highest BCUT2D eigenvalue weighted by atomic mass is 79.9. The Balaban J connectivity index is 1.68. The van der Waals surface area contributed by atoms with E-state index < -0.39 is 0 Å². The Hall–Kier alpha value is -2.18. The molecule has 0 atom stereocenters. The minimum Gasteiger partial charge on any atom is -0.352 e. The number of hydrogen-bond donors (Lipinski definition) is 2. The molecule has 1 heterocycles. The van der Waals surface area contributed by atoms with Crippen molar-refractivity contribution in [3.05, 3.63) is 52.0 Å². The molecule has 0 aliphatic rings. The number of para-hydroxylation sites is 1. The zero-order valence-corrected chi connectivity index (χ0v) is 18.3. The predicted molar refractivity (Wildman–Crippen MR) is 119 cm³/mol. The lowest BCUT2D eigenvalue weighted by Crippen LogP contribution is -2.29. The fraction of sp³-hybridized carbons (Fsp3) is 0.364. The van der Waals surface area contributed by atoms with E-state index in [0.29, 0.717) is 12.1 Å². The van der Waals surface area contributed by atoms with Crippen molar-refractivity contribution < 1.29 is 4.79 Å². The first-order valence-electron chi connectivity index (χ1n) is 9.79. The number of aryl methyl sites for hydroxylation is 1. The number of nitrogens with zero attached hydrogens (tertiary/aromatic N) is 2. The molecule has 0 bridgehead atoms. The standard InChI is InChI=1S/C22H27BrN4O/c1-4-27(5-2)13-7-12-24-22(28)16-10-11-17(18(23)14-16)21-25-19-9-6-8-15(3)20(19)26-21/h6,8-11,14H,4-5,7,12-13H2,1-3H3,(H,24,28)(H,25,26). The average Bonchev–Trinajstić information content (AvgIpc) is 3.13. The number of fused-ring (bicyclic) bond motifs is 1. The summed E-state index contributed by atoms with van der Waals surface area (Å²) in [6.45, 7) is 10.1. The number of H-pyrrole nitrogens is 1. The summed E-state index contributed by atoms with van der Waals surface area (Å²) >= 11 is 3.60. The quantitative estimate of drug-likeness (QED) is 0.494. The van der Waals surface area contributed by atoms with Gasteiger partial charge in [0, 0.05) is 22.1 Å². The number of hydrogen-bond acceptors (Lipinski definition) is 3. The molecule has 1 aromatic heterocycles. The van der Waals surface area contributed by atoms with Gasteiger partial charge >= 0.3 is 0 Å². The second-order valence-electron chi connectivity index (χ2n) is 6.89. The molecule has 3 aromatic rings. The Labute approximate surface area is 174 Å². The van der Waals surface area contributed by atoms with Crippen LogP contribution in [0, 0.1) is 6.92 Å². The maximum absolute atomic E-state index is 12.4. The van der Waals surface area contributed by atoms with Crippen molar-refractivity contribution in [3.8, 4) is 11.4 Å². The Morgan fingerprint density at radius 3 is 2.68 bits per heavy atom. The van der Waals surface area contributed by atoms with Crippen LogP contribution in [0.3, 0.4) is 0 Å². The van der Waals surface area contributed by atoms with Crippen LogP contribution in [-0.4, -0.2) is 47.0 Å². The number of nitrogens with one attached hydrogen (secondary N) is 2. The van der Waals surface area contributed by atoms with E-state index in [9.17, 15) is 4.79 Å². The second kappa shape index (κ2) is 9.34. The van der Waals surface area contributed by atoms with Crippen molar-refractivity contribution in [2.75, 3.05) is 26.2 Å². The van der Waals surface area contributed by atoms with Crippen LogP contribution in [0.1, 0.15) is 36.2 Å². The van der Waals surface area contributed by atoms with Gasteiger partial charge in [0.1, 0.15) is 5.82 Å². The van der Waals surface area contributed by atoms with Gasteiger partial charge in [-0.2, -0.15) is 0 Å². The number of rotatable bonds is 8. The fourth-order valence-electron chi connectivity index (χ4n) is 3.30. The van der Waals surface area contributed by atoms with Crippen molar-refractivity contribution in [2.24, 2.45) is 0 Å². The lowest BCUT2D eigenvalue weighted by molar-refractivity contribution is 0.0952. The van der Waals surface area contributed by atoms with Gasteiger partial charge in [0.15, 0.2) is 0 Å². The van der Waals surface area contributed by atoms with Crippen LogP contribution in [0.2, 0.25) is 0 Å². The van der Waals surface area contributed by atoms with Crippen LogP contribution >= 0.6 is 15.9 Å². The number of aromatic amines is 1. The smallest absolute Gasteiger partial charge is 0.251 e. The first-order valence-corrected chi connectivity index (χ1v) is 10.6. The Morgan fingerprint density at radius 1 is 1.21 bits per heavy atom. The van der Waals surface area contributed by atoms with E-state index in [1.54, 1.807) is 0 Å². The number of carbonyl (C=O) groups excluding carboxylic acids is 1. The molecule has 148 valence electrons. The first kappa shape index (κ1) is 20.6. The molecular weight excluding hydrogens is 416 g/mol. The van der Waals surface area contributed by atoms with Crippen molar-refractivity contribution >= 4 is 32.9 Å². The number of amides is 1. The molecule has 0 aliphatic carbocycles. The molecule has 0 fully saturated rings. The molecule has 28 heavy (non-hydrogen) atoms. The van der Waals surface area contributed by atoms with Crippen molar-refractivity contribution in [1.29, 1.82) is 0 Å². The van der Waals surface area contributed by atoms with Crippen molar-refractivity contribution in [1.82, 2.24) is 20.2 Å². The summed E-state index contributed by atoms with van der Waals surface area (Å²) in [6.07, 6.45) is 0.949. The average molecular weight is 443 g/mol. The van der Waals surface area contributed by atoms with Gasteiger partial charge in [0.05, 0.1) is 11.0 Å². The highest BCUT2D eigenvalue weighted by molar-refractivity contribution is 9.10. The Bertz CT molecular complexity index is 962. The largest absolute Gasteiger partial charge is 0.352 e. The third kappa shape index (κ3) is 4.62. The molecule has 6 heteroatoms. The zero-order chi connectivity index (χ0) is 20.1. The van der Waals surface area contributed by atoms with E-state index in [2.05, 4.69) is 58.0 Å². The van der Waals surface area contributed by atoms with Gasteiger partial charge in [0.2, 0.25) is 0 Å². The molecule has 0 spiro atoms. The molecule has 1 amide bonds. The van der Waals surface area contributed by atoms with E-state index in [-0.39, 0.29) is 5.91 Å². The Morgan fingerprint density at radius 2 is 2.00 bits per heavy atom. The first-order chi connectivity index (χ1) is 13.5. The molecule has 3 rings (SSSR count). The fourth-order valence-corrected chi connectivity index (χ4v) is 3.86. The van der Waals surface area contributed by atoms with E-state index in [4.69, 9.17) is 4.98 Å².